The number of unbranched alkanes of at least 4 members (excludes halogenated alkanes) is 2. The fourth-order valence-corrected chi connectivity index (χ4v) is 1.63. The maximum absolute atomic E-state index is 9.75. The predicted octanol–water partition coefficient (Wildman–Crippen LogP) is 2.13. The quantitative estimate of drug-likeness (QED) is 0.528. The zero-order valence-corrected chi connectivity index (χ0v) is 11.6. The third-order valence-electron chi connectivity index (χ3n) is 2.77. The van der Waals surface area contributed by atoms with Crippen molar-refractivity contribution in [2.24, 2.45) is 0 Å². The average molecular weight is 261 g/mol. The van der Waals surface area contributed by atoms with Gasteiger partial charge in [0, 0.05) is 13.0 Å². The van der Waals surface area contributed by atoms with Gasteiger partial charge in [-0.2, -0.15) is 0 Å². The Morgan fingerprint density at radius 2 is 2.05 bits per heavy atom. The minimum atomic E-state index is -0.492. The Bertz CT molecular complexity index is 381. The van der Waals surface area contributed by atoms with Crippen LogP contribution in [-0.4, -0.2) is 30.9 Å². The maximum Gasteiger partial charge on any atom is 0.119 e. The molecule has 0 fully saturated rings. The number of aryl methyl sites for hydroxylation is 1. The van der Waals surface area contributed by atoms with Crippen LogP contribution in [0.15, 0.2) is 24.3 Å². The number of aliphatic hydroxyl groups is 1. The zero-order valence-electron chi connectivity index (χ0n) is 11.6. The van der Waals surface area contributed by atoms with Crippen molar-refractivity contribution >= 4 is 0 Å². The topological polar surface area (TPSA) is 41.5 Å². The second-order valence-corrected chi connectivity index (χ2v) is 4.64. The summed E-state index contributed by atoms with van der Waals surface area (Å²) in [6.45, 7) is 3.76. The van der Waals surface area contributed by atoms with Crippen LogP contribution >= 0.6 is 0 Å². The molecule has 0 aliphatic rings. The van der Waals surface area contributed by atoms with Crippen LogP contribution in [0.2, 0.25) is 0 Å². The standard InChI is InChI=1S/C16H23NO2/c1-3-4-5-6-11-17-12-15(18)13-19-16-9-7-14(2)8-10-16/h1,7-10,15,17-18H,4-6,11-13H2,2H3. The molecule has 0 spiro atoms. The van der Waals surface area contributed by atoms with Gasteiger partial charge in [0.15, 0.2) is 0 Å². The molecule has 104 valence electrons. The molecule has 3 nitrogen and oxygen atoms in total. The summed E-state index contributed by atoms with van der Waals surface area (Å²) in [6.07, 6.45) is 7.56. The van der Waals surface area contributed by atoms with Crippen LogP contribution in [-0.2, 0) is 0 Å². The first-order valence-electron chi connectivity index (χ1n) is 6.74. The first kappa shape index (κ1) is 15.6. The Balaban J connectivity index is 2.06. The van der Waals surface area contributed by atoms with Crippen LogP contribution in [0.25, 0.3) is 0 Å². The Kier molecular flexibility index (Phi) is 7.72. The largest absolute Gasteiger partial charge is 0.491 e. The summed E-state index contributed by atoms with van der Waals surface area (Å²) in [5.74, 6) is 3.40. The highest BCUT2D eigenvalue weighted by molar-refractivity contribution is 5.26. The fourth-order valence-electron chi connectivity index (χ4n) is 1.63. The third kappa shape index (κ3) is 7.50. The Hall–Kier alpha value is -1.50. The smallest absolute Gasteiger partial charge is 0.119 e. The summed E-state index contributed by atoms with van der Waals surface area (Å²) >= 11 is 0. The van der Waals surface area contributed by atoms with Gasteiger partial charge in [0.05, 0.1) is 0 Å². The van der Waals surface area contributed by atoms with Crippen molar-refractivity contribution in [3.05, 3.63) is 29.8 Å². The highest BCUT2D eigenvalue weighted by Gasteiger charge is 2.04. The van der Waals surface area contributed by atoms with Gasteiger partial charge in [-0.25, -0.2) is 0 Å². The molecule has 1 atom stereocenters. The lowest BCUT2D eigenvalue weighted by Gasteiger charge is -2.13. The molecule has 1 aromatic carbocycles. The van der Waals surface area contributed by atoms with E-state index in [0.717, 1.165) is 31.6 Å². The second-order valence-electron chi connectivity index (χ2n) is 4.64. The lowest BCUT2D eigenvalue weighted by Crippen LogP contribution is -2.32. The van der Waals surface area contributed by atoms with E-state index in [2.05, 4.69) is 11.2 Å². The van der Waals surface area contributed by atoms with Crippen molar-refractivity contribution < 1.29 is 9.84 Å². The molecule has 1 rings (SSSR count). The van der Waals surface area contributed by atoms with E-state index in [1.807, 2.05) is 31.2 Å². The molecule has 2 N–H and O–H groups in total. The number of rotatable bonds is 9. The summed E-state index contributed by atoms with van der Waals surface area (Å²) in [7, 11) is 0. The number of benzene rings is 1. The molecule has 0 saturated carbocycles. The first-order chi connectivity index (χ1) is 9.22. The second kappa shape index (κ2) is 9.43. The highest BCUT2D eigenvalue weighted by atomic mass is 16.5. The number of hydrogen-bond acceptors (Lipinski definition) is 3. The molecule has 0 bridgehead atoms. The van der Waals surface area contributed by atoms with Gasteiger partial charge in [0.25, 0.3) is 0 Å². The molecule has 1 unspecified atom stereocenters. The minimum absolute atomic E-state index is 0.306. The van der Waals surface area contributed by atoms with E-state index in [0.29, 0.717) is 13.2 Å². The summed E-state index contributed by atoms with van der Waals surface area (Å²) in [5, 5.41) is 12.9. The number of hydrogen-bond donors (Lipinski definition) is 2. The molecule has 0 aliphatic heterocycles. The monoisotopic (exact) mass is 261 g/mol. The molecular weight excluding hydrogens is 238 g/mol. The van der Waals surface area contributed by atoms with Gasteiger partial charge in [0.1, 0.15) is 18.5 Å². The molecule has 0 aromatic heterocycles. The van der Waals surface area contributed by atoms with Gasteiger partial charge in [0.2, 0.25) is 0 Å². The van der Waals surface area contributed by atoms with Crippen LogP contribution in [0.4, 0.5) is 0 Å². The van der Waals surface area contributed by atoms with Crippen molar-refractivity contribution in [3.63, 3.8) is 0 Å². The molecule has 0 radical (unpaired) electrons. The summed E-state index contributed by atoms with van der Waals surface area (Å²) < 4.78 is 5.50. The lowest BCUT2D eigenvalue weighted by atomic mass is 10.2. The summed E-state index contributed by atoms with van der Waals surface area (Å²) in [6, 6.07) is 7.81. The van der Waals surface area contributed by atoms with E-state index in [9.17, 15) is 5.11 Å². The maximum atomic E-state index is 9.75. The van der Waals surface area contributed by atoms with Crippen molar-refractivity contribution in [1.29, 1.82) is 0 Å². The van der Waals surface area contributed by atoms with Crippen LogP contribution < -0.4 is 10.1 Å². The molecule has 0 saturated heterocycles. The molecule has 0 aliphatic carbocycles. The zero-order chi connectivity index (χ0) is 13.9. The molecule has 3 heteroatoms. The van der Waals surface area contributed by atoms with Crippen LogP contribution in [0, 0.1) is 19.3 Å². The van der Waals surface area contributed by atoms with Crippen LogP contribution in [0.5, 0.6) is 5.75 Å². The summed E-state index contributed by atoms with van der Waals surface area (Å²) in [5.41, 5.74) is 1.20. The SMILES string of the molecule is C#CCCCCNCC(O)COc1ccc(C)cc1. The van der Waals surface area contributed by atoms with Gasteiger partial charge < -0.3 is 15.2 Å². The molecule has 0 heterocycles. The third-order valence-corrected chi connectivity index (χ3v) is 2.77. The predicted molar refractivity (Wildman–Crippen MR) is 78.2 cm³/mol. The van der Waals surface area contributed by atoms with Crippen molar-refractivity contribution in [2.45, 2.75) is 32.3 Å². The number of nitrogens with one attached hydrogen (secondary N) is 1. The van der Waals surface area contributed by atoms with Gasteiger partial charge in [-0.3, -0.25) is 0 Å². The van der Waals surface area contributed by atoms with E-state index in [1.54, 1.807) is 0 Å². The van der Waals surface area contributed by atoms with Crippen molar-refractivity contribution in [1.82, 2.24) is 5.32 Å². The lowest BCUT2D eigenvalue weighted by molar-refractivity contribution is 0.106. The minimum Gasteiger partial charge on any atom is -0.491 e. The molecule has 1 aromatic rings. The Labute approximate surface area is 116 Å². The van der Waals surface area contributed by atoms with E-state index < -0.39 is 6.10 Å². The van der Waals surface area contributed by atoms with E-state index in [1.165, 1.54) is 5.56 Å². The molecular formula is C16H23NO2. The van der Waals surface area contributed by atoms with E-state index >= 15 is 0 Å². The normalized spacial score (nSPS) is 11.8. The summed E-state index contributed by atoms with van der Waals surface area (Å²) in [4.78, 5) is 0. The van der Waals surface area contributed by atoms with Gasteiger partial charge >= 0.3 is 0 Å². The van der Waals surface area contributed by atoms with E-state index in [-0.39, 0.29) is 0 Å². The van der Waals surface area contributed by atoms with Crippen LogP contribution in [0.3, 0.4) is 0 Å². The van der Waals surface area contributed by atoms with E-state index in [4.69, 9.17) is 11.2 Å². The van der Waals surface area contributed by atoms with Gasteiger partial charge in [-0.15, -0.1) is 12.3 Å². The average Bonchev–Trinajstić information content (AvgIpc) is 2.42. The molecule has 0 amide bonds. The van der Waals surface area contributed by atoms with Crippen molar-refractivity contribution in [2.75, 3.05) is 19.7 Å². The highest BCUT2D eigenvalue weighted by Crippen LogP contribution is 2.11. The number of terminal acetylenes is 1. The van der Waals surface area contributed by atoms with Gasteiger partial charge in [-0.05, 0) is 38.4 Å². The Morgan fingerprint density at radius 1 is 1.32 bits per heavy atom. The van der Waals surface area contributed by atoms with Crippen LogP contribution in [0.1, 0.15) is 24.8 Å². The molecule has 19 heavy (non-hydrogen) atoms. The number of aliphatic hydroxyl groups excluding tert-OH is 1. The fraction of sp³-hybridized carbons (Fsp3) is 0.500. The number of ether oxygens (including phenoxy) is 1. The van der Waals surface area contributed by atoms with Gasteiger partial charge in [-0.1, -0.05) is 17.7 Å². The Morgan fingerprint density at radius 3 is 2.74 bits per heavy atom. The van der Waals surface area contributed by atoms with Crippen molar-refractivity contribution in [3.8, 4) is 18.1 Å². The first-order valence-corrected chi connectivity index (χ1v) is 6.74.